The first-order valence-corrected chi connectivity index (χ1v) is 8.25. The molecule has 0 heterocycles. The van der Waals surface area contributed by atoms with E-state index in [-0.39, 0.29) is 18.4 Å². The molecule has 1 aromatic carbocycles. The van der Waals surface area contributed by atoms with Gasteiger partial charge in [-0.05, 0) is 38.2 Å². The lowest BCUT2D eigenvalue weighted by Crippen LogP contribution is -2.43. The number of benzene rings is 1. The summed E-state index contributed by atoms with van der Waals surface area (Å²) >= 11 is 0. The molecule has 1 aromatic rings. The normalized spacial score (nSPS) is 10.5. The number of likely N-dealkylation sites (N-methyl/N-ethyl adjacent to an activating group) is 1. The molecule has 0 aliphatic rings. The summed E-state index contributed by atoms with van der Waals surface area (Å²) in [6, 6.07) is 5.67. The van der Waals surface area contributed by atoms with Crippen molar-refractivity contribution in [2.24, 2.45) is 0 Å². The average Bonchev–Trinajstić information content (AvgIpc) is 2.57. The van der Waals surface area contributed by atoms with Gasteiger partial charge in [0.15, 0.2) is 11.5 Å². The van der Waals surface area contributed by atoms with Gasteiger partial charge in [0.2, 0.25) is 11.8 Å². The van der Waals surface area contributed by atoms with E-state index >= 15 is 0 Å². The molecule has 0 bridgehead atoms. The standard InChI is InChI=1S/C18H29N3O4/c1-14(22)21(11-10-20(2)3)13-18(23)19-9-8-15-6-7-16(24-4)17(12-15)25-5/h6-7,12H,8-11,13H2,1-5H3,(H,19,23). The Bertz CT molecular complexity index is 575. The van der Waals surface area contributed by atoms with Crippen molar-refractivity contribution in [2.75, 3.05) is 54.5 Å². The summed E-state index contributed by atoms with van der Waals surface area (Å²) in [7, 11) is 7.05. The third-order valence-electron chi connectivity index (χ3n) is 3.78. The molecule has 0 unspecified atom stereocenters. The minimum Gasteiger partial charge on any atom is -0.493 e. The third-order valence-corrected chi connectivity index (χ3v) is 3.78. The Morgan fingerprint density at radius 3 is 2.32 bits per heavy atom. The Kier molecular flexibility index (Phi) is 8.77. The Balaban J connectivity index is 2.46. The summed E-state index contributed by atoms with van der Waals surface area (Å²) in [5.41, 5.74) is 1.04. The van der Waals surface area contributed by atoms with Crippen molar-refractivity contribution in [3.63, 3.8) is 0 Å². The van der Waals surface area contributed by atoms with E-state index in [2.05, 4.69) is 5.32 Å². The zero-order valence-electron chi connectivity index (χ0n) is 15.8. The molecule has 7 heteroatoms. The molecule has 7 nitrogen and oxygen atoms in total. The van der Waals surface area contributed by atoms with Gasteiger partial charge in [0.25, 0.3) is 0 Å². The quantitative estimate of drug-likeness (QED) is 0.674. The van der Waals surface area contributed by atoms with Crippen molar-refractivity contribution in [3.05, 3.63) is 23.8 Å². The summed E-state index contributed by atoms with van der Waals surface area (Å²) in [6.45, 7) is 3.30. The van der Waals surface area contributed by atoms with Crippen LogP contribution in [0.4, 0.5) is 0 Å². The maximum atomic E-state index is 12.1. The van der Waals surface area contributed by atoms with Gasteiger partial charge in [0.05, 0.1) is 20.8 Å². The van der Waals surface area contributed by atoms with Crippen LogP contribution in [0.25, 0.3) is 0 Å². The predicted molar refractivity (Wildman–Crippen MR) is 97.1 cm³/mol. The monoisotopic (exact) mass is 351 g/mol. The highest BCUT2D eigenvalue weighted by Crippen LogP contribution is 2.27. The molecule has 25 heavy (non-hydrogen) atoms. The first-order valence-electron chi connectivity index (χ1n) is 8.25. The number of hydrogen-bond donors (Lipinski definition) is 1. The topological polar surface area (TPSA) is 71.1 Å². The van der Waals surface area contributed by atoms with E-state index < -0.39 is 0 Å². The van der Waals surface area contributed by atoms with Crippen LogP contribution < -0.4 is 14.8 Å². The van der Waals surface area contributed by atoms with E-state index in [0.29, 0.717) is 31.0 Å². The first-order chi connectivity index (χ1) is 11.9. The van der Waals surface area contributed by atoms with Gasteiger partial charge < -0.3 is 24.6 Å². The number of amides is 2. The maximum Gasteiger partial charge on any atom is 0.239 e. The van der Waals surface area contributed by atoms with Gasteiger partial charge in [-0.15, -0.1) is 0 Å². The van der Waals surface area contributed by atoms with Gasteiger partial charge in [-0.1, -0.05) is 6.07 Å². The van der Waals surface area contributed by atoms with Crippen molar-refractivity contribution in [2.45, 2.75) is 13.3 Å². The fraction of sp³-hybridized carbons (Fsp3) is 0.556. The van der Waals surface area contributed by atoms with Gasteiger partial charge in [-0.2, -0.15) is 0 Å². The molecule has 1 rings (SSSR count). The van der Waals surface area contributed by atoms with Crippen LogP contribution in [0.2, 0.25) is 0 Å². The lowest BCUT2D eigenvalue weighted by Gasteiger charge is -2.22. The number of nitrogens with one attached hydrogen (secondary N) is 1. The van der Waals surface area contributed by atoms with Crippen LogP contribution in [0.5, 0.6) is 11.5 Å². The maximum absolute atomic E-state index is 12.1. The van der Waals surface area contributed by atoms with Crippen LogP contribution in [0.1, 0.15) is 12.5 Å². The number of carbonyl (C=O) groups excluding carboxylic acids is 2. The molecule has 0 saturated carbocycles. The van der Waals surface area contributed by atoms with Crippen molar-refractivity contribution in [1.82, 2.24) is 15.1 Å². The van der Waals surface area contributed by atoms with Crippen molar-refractivity contribution in [3.8, 4) is 11.5 Å². The summed E-state index contributed by atoms with van der Waals surface area (Å²) in [5, 5.41) is 2.85. The SMILES string of the molecule is COc1ccc(CCNC(=O)CN(CCN(C)C)C(C)=O)cc1OC. The van der Waals surface area contributed by atoms with Crippen LogP contribution in [-0.2, 0) is 16.0 Å². The molecule has 140 valence electrons. The highest BCUT2D eigenvalue weighted by atomic mass is 16.5. The number of rotatable bonds is 10. The highest BCUT2D eigenvalue weighted by Gasteiger charge is 2.13. The lowest BCUT2D eigenvalue weighted by atomic mass is 10.1. The van der Waals surface area contributed by atoms with Crippen LogP contribution in [0.15, 0.2) is 18.2 Å². The van der Waals surface area contributed by atoms with Gasteiger partial charge in [0.1, 0.15) is 0 Å². The van der Waals surface area contributed by atoms with E-state index in [1.165, 1.54) is 6.92 Å². The molecule has 2 amide bonds. The van der Waals surface area contributed by atoms with Gasteiger partial charge in [-0.25, -0.2) is 0 Å². The zero-order valence-corrected chi connectivity index (χ0v) is 15.8. The van der Waals surface area contributed by atoms with E-state index in [1.807, 2.05) is 37.2 Å². The molecular weight excluding hydrogens is 322 g/mol. The second-order valence-electron chi connectivity index (χ2n) is 6.03. The van der Waals surface area contributed by atoms with Crippen LogP contribution in [0, 0.1) is 0 Å². The van der Waals surface area contributed by atoms with E-state index in [0.717, 1.165) is 12.1 Å². The van der Waals surface area contributed by atoms with Crippen molar-refractivity contribution < 1.29 is 19.1 Å². The lowest BCUT2D eigenvalue weighted by molar-refractivity contribution is -0.134. The number of hydrogen-bond acceptors (Lipinski definition) is 5. The van der Waals surface area contributed by atoms with Gasteiger partial charge in [-0.3, -0.25) is 9.59 Å². The molecule has 0 atom stereocenters. The Morgan fingerprint density at radius 2 is 1.76 bits per heavy atom. The smallest absolute Gasteiger partial charge is 0.239 e. The summed E-state index contributed by atoms with van der Waals surface area (Å²) in [4.78, 5) is 27.2. The minimum absolute atomic E-state index is 0.0785. The minimum atomic E-state index is -0.158. The fourth-order valence-electron chi connectivity index (χ4n) is 2.28. The van der Waals surface area contributed by atoms with Crippen LogP contribution in [0.3, 0.4) is 0 Å². The number of methoxy groups -OCH3 is 2. The van der Waals surface area contributed by atoms with Gasteiger partial charge in [0, 0.05) is 26.6 Å². The average molecular weight is 351 g/mol. The van der Waals surface area contributed by atoms with E-state index in [1.54, 1.807) is 19.1 Å². The first kappa shape index (κ1) is 20.8. The molecule has 0 aliphatic carbocycles. The molecule has 0 saturated heterocycles. The largest absolute Gasteiger partial charge is 0.493 e. The van der Waals surface area contributed by atoms with Gasteiger partial charge >= 0.3 is 0 Å². The van der Waals surface area contributed by atoms with Crippen molar-refractivity contribution in [1.29, 1.82) is 0 Å². The second-order valence-corrected chi connectivity index (χ2v) is 6.03. The fourth-order valence-corrected chi connectivity index (χ4v) is 2.28. The van der Waals surface area contributed by atoms with E-state index in [4.69, 9.17) is 9.47 Å². The molecule has 0 spiro atoms. The second kappa shape index (κ2) is 10.6. The Labute approximate surface area is 149 Å². The van der Waals surface area contributed by atoms with E-state index in [9.17, 15) is 9.59 Å². The number of carbonyl (C=O) groups is 2. The molecule has 0 radical (unpaired) electrons. The molecule has 0 aromatic heterocycles. The molecule has 1 N–H and O–H groups in total. The number of nitrogens with zero attached hydrogens (tertiary/aromatic N) is 2. The predicted octanol–water partition coefficient (Wildman–Crippen LogP) is 0.773. The highest BCUT2D eigenvalue weighted by molar-refractivity contribution is 5.83. The Morgan fingerprint density at radius 1 is 1.08 bits per heavy atom. The summed E-state index contributed by atoms with van der Waals surface area (Å²) < 4.78 is 10.5. The summed E-state index contributed by atoms with van der Waals surface area (Å²) in [6.07, 6.45) is 0.670. The molecular formula is C18H29N3O4. The molecule has 0 aliphatic heterocycles. The summed E-state index contributed by atoms with van der Waals surface area (Å²) in [5.74, 6) is 1.08. The molecule has 0 fully saturated rings. The van der Waals surface area contributed by atoms with Crippen LogP contribution >= 0.6 is 0 Å². The zero-order chi connectivity index (χ0) is 18.8. The van der Waals surface area contributed by atoms with Crippen molar-refractivity contribution >= 4 is 11.8 Å². The van der Waals surface area contributed by atoms with Crippen LogP contribution in [-0.4, -0.2) is 76.1 Å². The third kappa shape index (κ3) is 7.43. The number of ether oxygens (including phenoxy) is 2. The Hall–Kier alpha value is -2.28.